The van der Waals surface area contributed by atoms with E-state index in [4.69, 9.17) is 9.47 Å². The Bertz CT molecular complexity index is 1010. The second-order valence-corrected chi connectivity index (χ2v) is 6.46. The third-order valence-corrected chi connectivity index (χ3v) is 4.57. The van der Waals surface area contributed by atoms with Crippen LogP contribution < -0.4 is 9.47 Å². The molecule has 2 aromatic carbocycles. The molecule has 0 amide bonds. The van der Waals surface area contributed by atoms with Gasteiger partial charge in [-0.05, 0) is 48.0 Å². The highest BCUT2D eigenvalue weighted by atomic mass is 32.1. The van der Waals surface area contributed by atoms with Gasteiger partial charge < -0.3 is 9.47 Å². The van der Waals surface area contributed by atoms with E-state index in [0.29, 0.717) is 16.3 Å². The van der Waals surface area contributed by atoms with Crippen molar-refractivity contribution in [3.63, 3.8) is 0 Å². The number of thiazole rings is 1. The number of carbonyl (C=O) groups excluding carboxylic acids is 1. The van der Waals surface area contributed by atoms with Gasteiger partial charge in [-0.3, -0.25) is 4.79 Å². The van der Waals surface area contributed by atoms with Gasteiger partial charge in [0, 0.05) is 17.9 Å². The molecule has 0 bridgehead atoms. The number of rotatable bonds is 5. The van der Waals surface area contributed by atoms with Crippen LogP contribution in [0.5, 0.6) is 11.5 Å². The van der Waals surface area contributed by atoms with Crippen molar-refractivity contribution in [3.8, 4) is 28.8 Å². The molecule has 0 saturated heterocycles. The molecule has 1 aromatic heterocycles. The second-order valence-electron chi connectivity index (χ2n) is 5.60. The van der Waals surface area contributed by atoms with Crippen molar-refractivity contribution in [2.24, 2.45) is 0 Å². The lowest BCUT2D eigenvalue weighted by atomic mass is 10.1. The van der Waals surface area contributed by atoms with E-state index in [1.807, 2.05) is 29.6 Å². The van der Waals surface area contributed by atoms with E-state index in [1.54, 1.807) is 37.5 Å². The van der Waals surface area contributed by atoms with Crippen molar-refractivity contribution in [1.82, 2.24) is 4.98 Å². The number of nitriles is 1. The van der Waals surface area contributed by atoms with Crippen LogP contribution in [0, 0.1) is 11.3 Å². The molecule has 0 fully saturated rings. The monoisotopic (exact) mass is 376 g/mol. The maximum Gasteiger partial charge on any atom is 0.308 e. The highest BCUT2D eigenvalue weighted by Gasteiger charge is 2.09. The van der Waals surface area contributed by atoms with Gasteiger partial charge in [0.05, 0.1) is 18.4 Å². The van der Waals surface area contributed by atoms with Crippen LogP contribution in [0.25, 0.3) is 22.9 Å². The molecule has 0 saturated carbocycles. The molecule has 134 valence electrons. The summed E-state index contributed by atoms with van der Waals surface area (Å²) in [5, 5.41) is 12.1. The van der Waals surface area contributed by atoms with Gasteiger partial charge in [0.1, 0.15) is 22.6 Å². The Morgan fingerprint density at radius 3 is 2.37 bits per heavy atom. The zero-order chi connectivity index (χ0) is 19.2. The minimum atomic E-state index is -0.371. The van der Waals surface area contributed by atoms with Crippen LogP contribution in [0.1, 0.15) is 17.5 Å². The summed E-state index contributed by atoms with van der Waals surface area (Å²) in [5.41, 5.74) is 3.06. The molecule has 3 rings (SSSR count). The predicted octanol–water partition coefficient (Wildman–Crippen LogP) is 4.81. The summed E-state index contributed by atoms with van der Waals surface area (Å²) < 4.78 is 10.2. The van der Waals surface area contributed by atoms with E-state index < -0.39 is 0 Å². The molecule has 0 spiro atoms. The van der Waals surface area contributed by atoms with Crippen molar-refractivity contribution in [2.45, 2.75) is 6.92 Å². The normalized spacial score (nSPS) is 10.9. The number of carbonyl (C=O) groups is 1. The third-order valence-electron chi connectivity index (χ3n) is 3.69. The van der Waals surface area contributed by atoms with E-state index in [2.05, 4.69) is 11.1 Å². The predicted molar refractivity (Wildman–Crippen MR) is 105 cm³/mol. The molecule has 0 N–H and O–H groups in total. The number of hydrogen-bond acceptors (Lipinski definition) is 6. The Labute approximate surface area is 161 Å². The summed E-state index contributed by atoms with van der Waals surface area (Å²) in [6.45, 7) is 1.35. The standard InChI is InChI=1S/C21H16N2O3S/c1-14(24)26-19-7-3-15(4-8-19)11-17(12-22)21-23-20(13-27-21)16-5-9-18(25-2)10-6-16/h3-11,13H,1-2H3/b17-11+. The number of esters is 1. The van der Waals surface area contributed by atoms with Gasteiger partial charge >= 0.3 is 5.97 Å². The van der Waals surface area contributed by atoms with Crippen LogP contribution in [0.15, 0.2) is 53.9 Å². The van der Waals surface area contributed by atoms with E-state index in [1.165, 1.54) is 18.3 Å². The van der Waals surface area contributed by atoms with Crippen molar-refractivity contribution in [2.75, 3.05) is 7.11 Å². The van der Waals surface area contributed by atoms with Crippen molar-refractivity contribution < 1.29 is 14.3 Å². The lowest BCUT2D eigenvalue weighted by molar-refractivity contribution is -0.131. The Balaban J connectivity index is 1.83. The van der Waals surface area contributed by atoms with E-state index in [0.717, 1.165) is 22.6 Å². The fourth-order valence-corrected chi connectivity index (χ4v) is 3.19. The van der Waals surface area contributed by atoms with Crippen molar-refractivity contribution in [3.05, 3.63) is 64.5 Å². The molecule has 0 atom stereocenters. The van der Waals surface area contributed by atoms with Gasteiger partial charge in [0.2, 0.25) is 0 Å². The highest BCUT2D eigenvalue weighted by molar-refractivity contribution is 7.11. The van der Waals surface area contributed by atoms with Gasteiger partial charge in [-0.15, -0.1) is 11.3 Å². The van der Waals surface area contributed by atoms with E-state index in [-0.39, 0.29) is 5.97 Å². The number of ether oxygens (including phenoxy) is 2. The smallest absolute Gasteiger partial charge is 0.308 e. The van der Waals surface area contributed by atoms with Crippen LogP contribution in [0.4, 0.5) is 0 Å². The minimum Gasteiger partial charge on any atom is -0.497 e. The molecule has 1 heterocycles. The number of aromatic nitrogens is 1. The first-order valence-corrected chi connectivity index (χ1v) is 8.97. The lowest BCUT2D eigenvalue weighted by Gasteiger charge is -2.01. The topological polar surface area (TPSA) is 72.2 Å². The first kappa shape index (κ1) is 18.4. The van der Waals surface area contributed by atoms with Crippen LogP contribution in [-0.2, 0) is 4.79 Å². The summed E-state index contributed by atoms with van der Waals surface area (Å²) in [4.78, 5) is 15.5. The summed E-state index contributed by atoms with van der Waals surface area (Å²) in [6, 6.07) is 16.8. The number of methoxy groups -OCH3 is 1. The minimum absolute atomic E-state index is 0.371. The maximum absolute atomic E-state index is 11.0. The van der Waals surface area contributed by atoms with E-state index >= 15 is 0 Å². The number of allylic oxidation sites excluding steroid dienone is 1. The second kappa shape index (κ2) is 8.30. The molecule has 0 aliphatic heterocycles. The van der Waals surface area contributed by atoms with Crippen molar-refractivity contribution >= 4 is 29.0 Å². The molecular formula is C21H16N2O3S. The summed E-state index contributed by atoms with van der Waals surface area (Å²) in [6.07, 6.45) is 1.76. The Hall–Kier alpha value is -3.43. The van der Waals surface area contributed by atoms with Gasteiger partial charge in [-0.1, -0.05) is 12.1 Å². The van der Waals surface area contributed by atoms with Gasteiger partial charge in [0.15, 0.2) is 0 Å². The SMILES string of the molecule is COc1ccc(-c2csc(/C(C#N)=C/c3ccc(OC(C)=O)cc3)n2)cc1. The number of benzene rings is 2. The van der Waals surface area contributed by atoms with Gasteiger partial charge in [-0.25, -0.2) is 4.98 Å². The lowest BCUT2D eigenvalue weighted by Crippen LogP contribution is -2.00. The molecular weight excluding hydrogens is 360 g/mol. The van der Waals surface area contributed by atoms with Crippen LogP contribution in [0.3, 0.4) is 0 Å². The summed E-state index contributed by atoms with van der Waals surface area (Å²) >= 11 is 1.42. The average molecular weight is 376 g/mol. The van der Waals surface area contributed by atoms with Gasteiger partial charge in [0.25, 0.3) is 0 Å². The molecule has 0 unspecified atom stereocenters. The first-order valence-electron chi connectivity index (χ1n) is 8.09. The Morgan fingerprint density at radius 2 is 1.78 bits per heavy atom. The largest absolute Gasteiger partial charge is 0.497 e. The quantitative estimate of drug-likeness (QED) is 0.363. The Kier molecular flexibility index (Phi) is 5.64. The molecule has 3 aromatic rings. The number of nitrogens with zero attached hydrogens (tertiary/aromatic N) is 2. The molecule has 27 heavy (non-hydrogen) atoms. The third kappa shape index (κ3) is 4.60. The van der Waals surface area contributed by atoms with Crippen LogP contribution >= 0.6 is 11.3 Å². The van der Waals surface area contributed by atoms with Gasteiger partial charge in [-0.2, -0.15) is 5.26 Å². The number of hydrogen-bond donors (Lipinski definition) is 0. The molecule has 0 aliphatic carbocycles. The van der Waals surface area contributed by atoms with Crippen LogP contribution in [-0.4, -0.2) is 18.1 Å². The van der Waals surface area contributed by atoms with Crippen LogP contribution in [0.2, 0.25) is 0 Å². The summed E-state index contributed by atoms with van der Waals surface area (Å²) in [7, 11) is 1.62. The first-order chi connectivity index (χ1) is 13.1. The zero-order valence-electron chi connectivity index (χ0n) is 14.8. The highest BCUT2D eigenvalue weighted by Crippen LogP contribution is 2.28. The zero-order valence-corrected chi connectivity index (χ0v) is 15.6. The average Bonchev–Trinajstić information content (AvgIpc) is 3.17. The maximum atomic E-state index is 11.0. The molecule has 0 radical (unpaired) electrons. The molecule has 5 nitrogen and oxygen atoms in total. The molecule has 0 aliphatic rings. The fourth-order valence-electron chi connectivity index (χ4n) is 2.40. The van der Waals surface area contributed by atoms with Crippen molar-refractivity contribution in [1.29, 1.82) is 5.26 Å². The fraction of sp³-hybridized carbons (Fsp3) is 0.0952. The van der Waals surface area contributed by atoms with E-state index in [9.17, 15) is 10.1 Å². The summed E-state index contributed by atoms with van der Waals surface area (Å²) in [5.74, 6) is 0.878. The Morgan fingerprint density at radius 1 is 1.11 bits per heavy atom. The molecule has 6 heteroatoms.